The van der Waals surface area contributed by atoms with Crippen LogP contribution in [0.25, 0.3) is 0 Å². The van der Waals surface area contributed by atoms with E-state index in [1.165, 1.54) is 0 Å². The summed E-state index contributed by atoms with van der Waals surface area (Å²) < 4.78 is 0. The zero-order valence-corrected chi connectivity index (χ0v) is 13.4. The molecule has 1 fully saturated rings. The number of hydrogen-bond donors (Lipinski definition) is 0. The fraction of sp³-hybridized carbons (Fsp3) is 0.500. The fourth-order valence-electron chi connectivity index (χ4n) is 2.61. The zero-order chi connectivity index (χ0) is 15.6. The summed E-state index contributed by atoms with van der Waals surface area (Å²) in [5.41, 5.74) is 0.595. The molecular formula is C16H21ClN2O2. The molecule has 0 bridgehead atoms. The Labute approximate surface area is 130 Å². The molecule has 1 aromatic carbocycles. The maximum absolute atomic E-state index is 12.5. The van der Waals surface area contributed by atoms with Gasteiger partial charge in [0.05, 0.1) is 0 Å². The van der Waals surface area contributed by atoms with E-state index in [0.29, 0.717) is 30.2 Å². The summed E-state index contributed by atoms with van der Waals surface area (Å²) in [6.07, 6.45) is 0. The van der Waals surface area contributed by atoms with Gasteiger partial charge in [-0.3, -0.25) is 9.59 Å². The lowest BCUT2D eigenvalue weighted by Gasteiger charge is -2.40. The number of hydrogen-bond acceptors (Lipinski definition) is 2. The monoisotopic (exact) mass is 308 g/mol. The highest BCUT2D eigenvalue weighted by atomic mass is 35.5. The van der Waals surface area contributed by atoms with Gasteiger partial charge in [-0.1, -0.05) is 31.5 Å². The van der Waals surface area contributed by atoms with Gasteiger partial charge in [0.25, 0.3) is 5.91 Å². The Kier molecular flexibility index (Phi) is 4.88. The SMILES string of the molecule is CC(C)C(=O)N1CCN(C(=O)c2cccc(Cl)c2)C(C)C1. The summed E-state index contributed by atoms with van der Waals surface area (Å²) in [5, 5.41) is 0.558. The average molecular weight is 309 g/mol. The molecule has 4 nitrogen and oxygen atoms in total. The van der Waals surface area contributed by atoms with Gasteiger partial charge in [0.2, 0.25) is 5.91 Å². The number of rotatable bonds is 2. The molecular weight excluding hydrogens is 288 g/mol. The van der Waals surface area contributed by atoms with Gasteiger partial charge in [0.15, 0.2) is 0 Å². The van der Waals surface area contributed by atoms with Gasteiger partial charge < -0.3 is 9.80 Å². The summed E-state index contributed by atoms with van der Waals surface area (Å²) in [7, 11) is 0. The van der Waals surface area contributed by atoms with Crippen molar-refractivity contribution in [2.45, 2.75) is 26.8 Å². The maximum Gasteiger partial charge on any atom is 0.254 e. The van der Waals surface area contributed by atoms with Crippen molar-refractivity contribution >= 4 is 23.4 Å². The van der Waals surface area contributed by atoms with E-state index >= 15 is 0 Å². The first-order valence-electron chi connectivity index (χ1n) is 7.25. The molecule has 1 atom stereocenters. The molecule has 0 N–H and O–H groups in total. The third-order valence-electron chi connectivity index (χ3n) is 3.77. The summed E-state index contributed by atoms with van der Waals surface area (Å²) in [6.45, 7) is 7.51. The first kappa shape index (κ1) is 15.8. The molecule has 21 heavy (non-hydrogen) atoms. The van der Waals surface area contributed by atoms with Gasteiger partial charge in [0.1, 0.15) is 0 Å². The molecule has 2 amide bonds. The molecule has 1 aromatic rings. The summed E-state index contributed by atoms with van der Waals surface area (Å²) in [5.74, 6) is 0.116. The highest BCUT2D eigenvalue weighted by molar-refractivity contribution is 6.30. The van der Waals surface area contributed by atoms with Crippen LogP contribution in [0.4, 0.5) is 0 Å². The fourth-order valence-corrected chi connectivity index (χ4v) is 2.80. The standard InChI is InChI=1S/C16H21ClN2O2/c1-11(2)15(20)18-7-8-19(12(3)10-18)16(21)13-5-4-6-14(17)9-13/h4-6,9,11-12H,7-8,10H2,1-3H3. The van der Waals surface area contributed by atoms with Crippen LogP contribution in [-0.2, 0) is 4.79 Å². The normalized spacial score (nSPS) is 19.0. The van der Waals surface area contributed by atoms with E-state index in [2.05, 4.69) is 0 Å². The zero-order valence-electron chi connectivity index (χ0n) is 12.7. The lowest BCUT2D eigenvalue weighted by atomic mass is 10.1. The second-order valence-corrected chi connectivity index (χ2v) is 6.23. The maximum atomic E-state index is 12.5. The van der Waals surface area contributed by atoms with Gasteiger partial charge in [0, 0.05) is 42.2 Å². The van der Waals surface area contributed by atoms with Crippen LogP contribution < -0.4 is 0 Å². The molecule has 1 aliphatic heterocycles. The topological polar surface area (TPSA) is 40.6 Å². The molecule has 5 heteroatoms. The van der Waals surface area contributed by atoms with Crippen molar-refractivity contribution in [3.63, 3.8) is 0 Å². The lowest BCUT2D eigenvalue weighted by molar-refractivity contribution is -0.136. The molecule has 1 unspecified atom stereocenters. The Morgan fingerprint density at radius 3 is 2.57 bits per heavy atom. The largest absolute Gasteiger partial charge is 0.339 e. The molecule has 0 aliphatic carbocycles. The third kappa shape index (κ3) is 3.56. The van der Waals surface area contributed by atoms with E-state index < -0.39 is 0 Å². The number of carbonyl (C=O) groups is 2. The van der Waals surface area contributed by atoms with Gasteiger partial charge >= 0.3 is 0 Å². The Bertz CT molecular complexity index is 545. The van der Waals surface area contributed by atoms with E-state index in [0.717, 1.165) is 0 Å². The second kappa shape index (κ2) is 6.48. The predicted molar refractivity (Wildman–Crippen MR) is 83.4 cm³/mol. The summed E-state index contributed by atoms with van der Waals surface area (Å²) in [6, 6.07) is 6.99. The lowest BCUT2D eigenvalue weighted by Crippen LogP contribution is -2.56. The van der Waals surface area contributed by atoms with Crippen molar-refractivity contribution in [2.24, 2.45) is 5.92 Å². The van der Waals surface area contributed by atoms with Crippen LogP contribution in [0.5, 0.6) is 0 Å². The smallest absolute Gasteiger partial charge is 0.254 e. The van der Waals surface area contributed by atoms with Crippen molar-refractivity contribution in [2.75, 3.05) is 19.6 Å². The first-order chi connectivity index (χ1) is 9.90. The van der Waals surface area contributed by atoms with E-state index in [1.54, 1.807) is 24.3 Å². The average Bonchev–Trinajstić information content (AvgIpc) is 2.45. The summed E-state index contributed by atoms with van der Waals surface area (Å²) in [4.78, 5) is 28.2. The molecule has 2 rings (SSSR count). The third-order valence-corrected chi connectivity index (χ3v) is 4.00. The van der Waals surface area contributed by atoms with Crippen molar-refractivity contribution < 1.29 is 9.59 Å². The molecule has 114 valence electrons. The molecule has 1 aliphatic rings. The van der Waals surface area contributed by atoms with Crippen LogP contribution in [0.3, 0.4) is 0 Å². The van der Waals surface area contributed by atoms with Gasteiger partial charge in [-0.05, 0) is 25.1 Å². The van der Waals surface area contributed by atoms with Crippen molar-refractivity contribution in [1.29, 1.82) is 0 Å². The first-order valence-corrected chi connectivity index (χ1v) is 7.63. The van der Waals surface area contributed by atoms with Crippen LogP contribution in [0, 0.1) is 5.92 Å². The molecule has 1 saturated heterocycles. The van der Waals surface area contributed by atoms with Gasteiger partial charge in [-0.2, -0.15) is 0 Å². The highest BCUT2D eigenvalue weighted by Gasteiger charge is 2.30. The Balaban J connectivity index is 2.07. The van der Waals surface area contributed by atoms with E-state index in [-0.39, 0.29) is 23.8 Å². The number of piperazine rings is 1. The number of amides is 2. The quantitative estimate of drug-likeness (QED) is 0.843. The Morgan fingerprint density at radius 2 is 2.00 bits per heavy atom. The number of benzene rings is 1. The second-order valence-electron chi connectivity index (χ2n) is 5.80. The predicted octanol–water partition coefficient (Wildman–Crippen LogP) is 2.67. The molecule has 0 aromatic heterocycles. The van der Waals surface area contributed by atoms with Gasteiger partial charge in [-0.25, -0.2) is 0 Å². The van der Waals surface area contributed by atoms with Crippen LogP contribution >= 0.6 is 11.6 Å². The molecule has 0 spiro atoms. The van der Waals surface area contributed by atoms with Crippen molar-refractivity contribution in [1.82, 2.24) is 9.80 Å². The Hall–Kier alpha value is -1.55. The van der Waals surface area contributed by atoms with E-state index in [9.17, 15) is 9.59 Å². The Morgan fingerprint density at radius 1 is 1.29 bits per heavy atom. The van der Waals surface area contributed by atoms with Crippen molar-refractivity contribution in [3.05, 3.63) is 34.9 Å². The minimum absolute atomic E-state index is 0.00705. The van der Waals surface area contributed by atoms with Crippen LogP contribution in [0.1, 0.15) is 31.1 Å². The van der Waals surface area contributed by atoms with Crippen molar-refractivity contribution in [3.8, 4) is 0 Å². The number of carbonyl (C=O) groups excluding carboxylic acids is 2. The van der Waals surface area contributed by atoms with E-state index in [4.69, 9.17) is 11.6 Å². The van der Waals surface area contributed by atoms with Crippen LogP contribution in [-0.4, -0.2) is 47.3 Å². The molecule has 0 saturated carbocycles. The van der Waals surface area contributed by atoms with Gasteiger partial charge in [-0.15, -0.1) is 0 Å². The number of nitrogens with zero attached hydrogens (tertiary/aromatic N) is 2. The minimum atomic E-state index is -0.0263. The molecule has 0 radical (unpaired) electrons. The molecule has 1 heterocycles. The van der Waals surface area contributed by atoms with Crippen LogP contribution in [0.2, 0.25) is 5.02 Å². The number of halogens is 1. The van der Waals surface area contributed by atoms with E-state index in [1.807, 2.05) is 30.6 Å². The van der Waals surface area contributed by atoms with Crippen LogP contribution in [0.15, 0.2) is 24.3 Å². The minimum Gasteiger partial charge on any atom is -0.339 e. The summed E-state index contributed by atoms with van der Waals surface area (Å²) >= 11 is 5.94. The highest BCUT2D eigenvalue weighted by Crippen LogP contribution is 2.18.